The van der Waals surface area contributed by atoms with Crippen LogP contribution in [0.3, 0.4) is 0 Å². The van der Waals surface area contributed by atoms with Crippen molar-refractivity contribution in [2.75, 3.05) is 26.2 Å². The second-order valence-electron chi connectivity index (χ2n) is 9.26. The van der Waals surface area contributed by atoms with Crippen LogP contribution >= 0.6 is 0 Å². The third-order valence-corrected chi connectivity index (χ3v) is 6.80. The molecule has 2 aliphatic rings. The Hall–Kier alpha value is -2.17. The van der Waals surface area contributed by atoms with Crippen LogP contribution in [0.15, 0.2) is 54.6 Å². The molecule has 4 rings (SSSR count). The second-order valence-corrected chi connectivity index (χ2v) is 9.26. The topological polar surface area (TPSA) is 35.6 Å². The van der Waals surface area contributed by atoms with Crippen molar-refractivity contribution in [1.29, 1.82) is 0 Å². The summed E-state index contributed by atoms with van der Waals surface area (Å²) in [6.45, 7) is 7.11. The fourth-order valence-corrected chi connectivity index (χ4v) is 4.84. The Morgan fingerprint density at radius 1 is 0.710 bits per heavy atom. The predicted molar refractivity (Wildman–Crippen MR) is 126 cm³/mol. The van der Waals surface area contributed by atoms with E-state index in [4.69, 9.17) is 0 Å². The van der Waals surface area contributed by atoms with Gasteiger partial charge < -0.3 is 5.32 Å². The van der Waals surface area contributed by atoms with Crippen LogP contribution in [-0.2, 0) is 24.4 Å². The van der Waals surface area contributed by atoms with Gasteiger partial charge in [-0.1, -0.05) is 67.4 Å². The zero-order chi connectivity index (χ0) is 21.3. The predicted octanol–water partition coefficient (Wildman–Crippen LogP) is 4.59. The molecule has 31 heavy (non-hydrogen) atoms. The van der Waals surface area contributed by atoms with E-state index in [0.29, 0.717) is 6.54 Å². The number of rotatable bonds is 7. The van der Waals surface area contributed by atoms with Gasteiger partial charge in [0.15, 0.2) is 0 Å². The summed E-state index contributed by atoms with van der Waals surface area (Å²) in [5.74, 6) is 0.363. The van der Waals surface area contributed by atoms with Crippen molar-refractivity contribution >= 4 is 5.91 Å². The average Bonchev–Trinajstić information content (AvgIpc) is 3.08. The first-order valence-corrected chi connectivity index (χ1v) is 12.1. The standard InChI is InChI=1S/C27H37N3O/c31-27(26-14-18-30(19-15-26)21-24-8-4-3-5-9-24)28-20-23-10-12-25(13-11-23)22-29-16-6-1-2-7-17-29/h3-5,8-13,26H,1-2,6-7,14-22H2,(H,28,31). The summed E-state index contributed by atoms with van der Waals surface area (Å²) in [6, 6.07) is 19.4. The molecule has 0 atom stereocenters. The highest BCUT2D eigenvalue weighted by Crippen LogP contribution is 2.20. The maximum Gasteiger partial charge on any atom is 0.223 e. The summed E-state index contributed by atoms with van der Waals surface area (Å²) in [5.41, 5.74) is 3.92. The van der Waals surface area contributed by atoms with E-state index in [1.807, 2.05) is 0 Å². The molecule has 0 saturated carbocycles. The van der Waals surface area contributed by atoms with Crippen LogP contribution in [0.1, 0.15) is 55.2 Å². The minimum absolute atomic E-state index is 0.148. The van der Waals surface area contributed by atoms with E-state index >= 15 is 0 Å². The molecule has 2 aromatic carbocycles. The summed E-state index contributed by atoms with van der Waals surface area (Å²) < 4.78 is 0. The minimum Gasteiger partial charge on any atom is -0.352 e. The van der Waals surface area contributed by atoms with Crippen molar-refractivity contribution in [3.8, 4) is 0 Å². The minimum atomic E-state index is 0.148. The van der Waals surface area contributed by atoms with E-state index in [0.717, 1.165) is 39.0 Å². The summed E-state index contributed by atoms with van der Waals surface area (Å²) in [6.07, 6.45) is 7.31. The number of hydrogen-bond acceptors (Lipinski definition) is 3. The Labute approximate surface area is 187 Å². The first kappa shape index (κ1) is 22.0. The van der Waals surface area contributed by atoms with E-state index < -0.39 is 0 Å². The lowest BCUT2D eigenvalue weighted by molar-refractivity contribution is -0.126. The van der Waals surface area contributed by atoms with Gasteiger partial charge in [-0.2, -0.15) is 0 Å². The Morgan fingerprint density at radius 2 is 1.26 bits per heavy atom. The van der Waals surface area contributed by atoms with Gasteiger partial charge in [0, 0.05) is 25.6 Å². The summed E-state index contributed by atoms with van der Waals surface area (Å²) in [7, 11) is 0. The zero-order valence-corrected chi connectivity index (χ0v) is 18.8. The molecular weight excluding hydrogens is 382 g/mol. The molecular formula is C27H37N3O. The normalized spacial score (nSPS) is 19.1. The van der Waals surface area contributed by atoms with E-state index in [2.05, 4.69) is 69.7 Å². The SMILES string of the molecule is O=C(NCc1ccc(CN2CCCCCC2)cc1)C1CCN(Cc2ccccc2)CC1. The monoisotopic (exact) mass is 419 g/mol. The van der Waals surface area contributed by atoms with Gasteiger partial charge in [0.05, 0.1) is 0 Å². The molecule has 2 aliphatic heterocycles. The van der Waals surface area contributed by atoms with Gasteiger partial charge in [0.1, 0.15) is 0 Å². The molecule has 4 heteroatoms. The van der Waals surface area contributed by atoms with Gasteiger partial charge in [-0.3, -0.25) is 14.6 Å². The average molecular weight is 420 g/mol. The molecule has 0 unspecified atom stereocenters. The van der Waals surface area contributed by atoms with Crippen LogP contribution in [0.2, 0.25) is 0 Å². The van der Waals surface area contributed by atoms with Crippen LogP contribution in [0.4, 0.5) is 0 Å². The van der Waals surface area contributed by atoms with Crippen molar-refractivity contribution in [3.63, 3.8) is 0 Å². The molecule has 2 fully saturated rings. The summed E-state index contributed by atoms with van der Waals surface area (Å²) in [5, 5.41) is 3.17. The molecule has 1 amide bonds. The zero-order valence-electron chi connectivity index (χ0n) is 18.8. The second kappa shape index (κ2) is 11.4. The van der Waals surface area contributed by atoms with E-state index in [1.165, 1.54) is 55.5 Å². The molecule has 0 radical (unpaired) electrons. The van der Waals surface area contributed by atoms with Gasteiger partial charge in [0.2, 0.25) is 5.91 Å². The number of amides is 1. The maximum absolute atomic E-state index is 12.7. The number of carbonyl (C=O) groups is 1. The van der Waals surface area contributed by atoms with E-state index in [1.54, 1.807) is 0 Å². The van der Waals surface area contributed by atoms with Crippen LogP contribution in [0.5, 0.6) is 0 Å². The molecule has 166 valence electrons. The molecule has 1 N–H and O–H groups in total. The van der Waals surface area contributed by atoms with Crippen molar-refractivity contribution in [1.82, 2.24) is 15.1 Å². The number of hydrogen-bond donors (Lipinski definition) is 1. The van der Waals surface area contributed by atoms with Crippen LogP contribution in [0, 0.1) is 5.92 Å². The van der Waals surface area contributed by atoms with Crippen LogP contribution in [0.25, 0.3) is 0 Å². The van der Waals surface area contributed by atoms with E-state index in [9.17, 15) is 4.79 Å². The lowest BCUT2D eigenvalue weighted by Gasteiger charge is -2.31. The number of piperidine rings is 1. The van der Waals surface area contributed by atoms with Crippen molar-refractivity contribution in [2.24, 2.45) is 5.92 Å². The van der Waals surface area contributed by atoms with Crippen molar-refractivity contribution in [3.05, 3.63) is 71.3 Å². The number of nitrogens with one attached hydrogen (secondary N) is 1. The van der Waals surface area contributed by atoms with Gasteiger partial charge in [-0.15, -0.1) is 0 Å². The van der Waals surface area contributed by atoms with Gasteiger partial charge in [0.25, 0.3) is 0 Å². The smallest absolute Gasteiger partial charge is 0.223 e. The van der Waals surface area contributed by atoms with E-state index in [-0.39, 0.29) is 11.8 Å². The Balaban J connectivity index is 1.17. The summed E-state index contributed by atoms with van der Waals surface area (Å²) >= 11 is 0. The quantitative estimate of drug-likeness (QED) is 0.713. The van der Waals surface area contributed by atoms with Crippen molar-refractivity contribution < 1.29 is 4.79 Å². The molecule has 0 aromatic heterocycles. The third kappa shape index (κ3) is 6.91. The highest BCUT2D eigenvalue weighted by Gasteiger charge is 2.24. The molecule has 2 saturated heterocycles. The fourth-order valence-electron chi connectivity index (χ4n) is 4.84. The maximum atomic E-state index is 12.7. The molecule has 0 bridgehead atoms. The number of carbonyl (C=O) groups excluding carboxylic acids is 1. The highest BCUT2D eigenvalue weighted by molar-refractivity contribution is 5.78. The fraction of sp³-hybridized carbons (Fsp3) is 0.519. The van der Waals surface area contributed by atoms with Gasteiger partial charge >= 0.3 is 0 Å². The van der Waals surface area contributed by atoms with Gasteiger partial charge in [-0.25, -0.2) is 0 Å². The van der Waals surface area contributed by atoms with Crippen molar-refractivity contribution in [2.45, 2.75) is 58.2 Å². The lowest BCUT2D eigenvalue weighted by Crippen LogP contribution is -2.40. The lowest BCUT2D eigenvalue weighted by atomic mass is 9.95. The summed E-state index contributed by atoms with van der Waals surface area (Å²) in [4.78, 5) is 17.7. The highest BCUT2D eigenvalue weighted by atomic mass is 16.1. The molecule has 0 aliphatic carbocycles. The Morgan fingerprint density at radius 3 is 1.90 bits per heavy atom. The molecule has 2 heterocycles. The van der Waals surface area contributed by atoms with Crippen LogP contribution < -0.4 is 5.32 Å². The largest absolute Gasteiger partial charge is 0.352 e. The Bertz CT molecular complexity index is 789. The van der Waals surface area contributed by atoms with Gasteiger partial charge in [-0.05, 0) is 68.6 Å². The molecule has 4 nitrogen and oxygen atoms in total. The number of benzene rings is 2. The molecule has 2 aromatic rings. The third-order valence-electron chi connectivity index (χ3n) is 6.80. The van der Waals surface area contributed by atoms with Crippen LogP contribution in [-0.4, -0.2) is 41.9 Å². The Kier molecular flexibility index (Phi) is 8.14. The first-order valence-electron chi connectivity index (χ1n) is 12.1. The number of nitrogens with zero attached hydrogens (tertiary/aromatic N) is 2. The molecule has 0 spiro atoms. The first-order chi connectivity index (χ1) is 15.3. The number of likely N-dealkylation sites (tertiary alicyclic amines) is 2.